The summed E-state index contributed by atoms with van der Waals surface area (Å²) in [5.41, 5.74) is 4.51. The van der Waals surface area contributed by atoms with Gasteiger partial charge in [0.1, 0.15) is 0 Å². The number of ketones is 1. The molecule has 2 N–H and O–H groups in total. The number of hydrogen-bond donors (Lipinski definition) is 2. The van der Waals surface area contributed by atoms with E-state index in [9.17, 15) is 14.4 Å². The number of piperidine rings is 2. The Morgan fingerprint density at radius 3 is 2.68 bits per heavy atom. The van der Waals surface area contributed by atoms with E-state index in [2.05, 4.69) is 15.6 Å². The van der Waals surface area contributed by atoms with Crippen molar-refractivity contribution in [2.75, 3.05) is 32.1 Å². The fourth-order valence-electron chi connectivity index (χ4n) is 6.79. The molecular weight excluding hydrogens is 556 g/mol. The molecule has 2 aromatic carbocycles. The molecular formula is C35H44N4O5. The number of carbonyl (C=O) groups is 3. The number of rotatable bonds is 7. The molecule has 2 aliphatic carbocycles. The molecule has 0 radical (unpaired) electrons. The Morgan fingerprint density at radius 2 is 1.91 bits per heavy atom. The van der Waals surface area contributed by atoms with Gasteiger partial charge < -0.3 is 25.0 Å². The number of nitrogens with zero attached hydrogens (tertiary/aromatic N) is 2. The van der Waals surface area contributed by atoms with Crippen LogP contribution >= 0.6 is 0 Å². The van der Waals surface area contributed by atoms with Crippen molar-refractivity contribution in [3.63, 3.8) is 0 Å². The van der Waals surface area contributed by atoms with Crippen LogP contribution in [0.4, 0.5) is 11.4 Å². The van der Waals surface area contributed by atoms with Gasteiger partial charge in [-0.05, 0) is 67.9 Å². The Morgan fingerprint density at radius 1 is 1.09 bits per heavy atom. The van der Waals surface area contributed by atoms with E-state index in [1.807, 2.05) is 50.9 Å². The smallest absolute Gasteiger partial charge is 0.256 e. The summed E-state index contributed by atoms with van der Waals surface area (Å²) in [5, 5.41) is 6.36. The quantitative estimate of drug-likeness (QED) is 0.367. The van der Waals surface area contributed by atoms with Crippen molar-refractivity contribution in [2.45, 2.75) is 77.7 Å². The summed E-state index contributed by atoms with van der Waals surface area (Å²) in [6, 6.07) is 9.08. The molecule has 9 heteroatoms. The molecule has 3 fully saturated rings. The van der Waals surface area contributed by atoms with Crippen molar-refractivity contribution < 1.29 is 23.9 Å². The minimum atomic E-state index is -0.114. The van der Waals surface area contributed by atoms with Crippen LogP contribution in [0.2, 0.25) is 0 Å². The van der Waals surface area contributed by atoms with Gasteiger partial charge in [0.25, 0.3) is 5.91 Å². The molecule has 5 aliphatic rings. The molecule has 3 unspecified atom stereocenters. The van der Waals surface area contributed by atoms with E-state index in [4.69, 9.17) is 9.47 Å². The number of hydrogen-bond acceptors (Lipinski definition) is 7. The van der Waals surface area contributed by atoms with Crippen LogP contribution in [0.15, 0.2) is 47.1 Å². The maximum absolute atomic E-state index is 13.2. The van der Waals surface area contributed by atoms with E-state index in [1.54, 1.807) is 31.4 Å². The Bertz CT molecular complexity index is 1500. The van der Waals surface area contributed by atoms with E-state index in [0.29, 0.717) is 47.4 Å². The SMILES string of the molecule is CC.CC.COc1cc2c(cc1OCCCC(=O)Nc1ccc3c(c1)C14CC1CNC4=CC3=O)N=CC1CCCCN1C2=O. The van der Waals surface area contributed by atoms with Crippen LogP contribution in [0.1, 0.15) is 92.5 Å². The third kappa shape index (κ3) is 5.60. The summed E-state index contributed by atoms with van der Waals surface area (Å²) in [7, 11) is 1.55. The van der Waals surface area contributed by atoms with Gasteiger partial charge in [0.2, 0.25) is 5.91 Å². The minimum Gasteiger partial charge on any atom is -0.493 e. The lowest BCUT2D eigenvalue weighted by molar-refractivity contribution is -0.116. The fourth-order valence-corrected chi connectivity index (χ4v) is 6.79. The molecule has 0 bridgehead atoms. The number of ether oxygens (including phenoxy) is 2. The van der Waals surface area contributed by atoms with Gasteiger partial charge in [-0.2, -0.15) is 0 Å². The number of methoxy groups -OCH3 is 1. The summed E-state index contributed by atoms with van der Waals surface area (Å²) in [6.07, 6.45) is 8.43. The molecule has 3 aliphatic heterocycles. The van der Waals surface area contributed by atoms with Crippen molar-refractivity contribution >= 4 is 35.2 Å². The molecule has 3 atom stereocenters. The predicted octanol–water partition coefficient (Wildman–Crippen LogP) is 6.20. The lowest BCUT2D eigenvalue weighted by atomic mass is 9.81. The summed E-state index contributed by atoms with van der Waals surface area (Å²) < 4.78 is 11.5. The van der Waals surface area contributed by atoms with Crippen LogP contribution < -0.4 is 20.1 Å². The Kier molecular flexibility index (Phi) is 9.42. The standard InChI is InChI=1S/C31H32N4O5.2C2H6/c1-39-26-12-22-24(32-17-20-5-2-3-9-35(20)30(22)38)13-27(26)40-10-4-6-29(37)34-19-7-8-21-23(11-19)31-15-18(31)16-33-28(31)14-25(21)36;2*1-2/h7-8,11-14,17-18,20,33H,2-6,9-10,15-16H2,1H3,(H,34,37);2*1-2H3. The first kappa shape index (κ1) is 31.3. The van der Waals surface area contributed by atoms with E-state index >= 15 is 0 Å². The van der Waals surface area contributed by atoms with E-state index in [-0.39, 0.29) is 35.5 Å². The summed E-state index contributed by atoms with van der Waals surface area (Å²) in [5.74, 6) is 1.36. The highest BCUT2D eigenvalue weighted by atomic mass is 16.5. The maximum atomic E-state index is 13.2. The monoisotopic (exact) mass is 600 g/mol. The van der Waals surface area contributed by atoms with Crippen molar-refractivity contribution in [3.05, 3.63) is 58.8 Å². The number of amides is 2. The number of aliphatic imine (C=N–C) groups is 1. The van der Waals surface area contributed by atoms with Gasteiger partial charge in [-0.1, -0.05) is 27.7 Å². The lowest BCUT2D eigenvalue weighted by Gasteiger charge is -2.32. The number of anilines is 1. The number of benzene rings is 2. The lowest BCUT2D eigenvalue weighted by Crippen LogP contribution is -2.43. The van der Waals surface area contributed by atoms with Crippen molar-refractivity contribution in [3.8, 4) is 11.5 Å². The van der Waals surface area contributed by atoms with Gasteiger partial charge >= 0.3 is 0 Å². The number of nitrogens with one attached hydrogen (secondary N) is 2. The molecule has 44 heavy (non-hydrogen) atoms. The molecule has 0 aromatic heterocycles. The van der Waals surface area contributed by atoms with Gasteiger partial charge in [-0.25, -0.2) is 0 Å². The molecule has 234 valence electrons. The first-order chi connectivity index (χ1) is 21.5. The Labute approximate surface area is 260 Å². The molecule has 9 nitrogen and oxygen atoms in total. The van der Waals surface area contributed by atoms with Crippen LogP contribution in [0.3, 0.4) is 0 Å². The topological polar surface area (TPSA) is 109 Å². The van der Waals surface area contributed by atoms with Crippen molar-refractivity contribution in [1.82, 2.24) is 10.2 Å². The summed E-state index contributed by atoms with van der Waals surface area (Å²) >= 11 is 0. The largest absolute Gasteiger partial charge is 0.493 e. The van der Waals surface area contributed by atoms with Crippen molar-refractivity contribution in [2.24, 2.45) is 10.9 Å². The van der Waals surface area contributed by atoms with Crippen LogP contribution in [0.5, 0.6) is 11.5 Å². The first-order valence-corrected chi connectivity index (χ1v) is 16.1. The van der Waals surface area contributed by atoms with Crippen LogP contribution in [-0.4, -0.2) is 61.6 Å². The second-order valence-electron chi connectivity index (χ2n) is 11.3. The normalized spacial score (nSPS) is 23.3. The first-order valence-electron chi connectivity index (χ1n) is 16.1. The second kappa shape index (κ2) is 13.2. The molecule has 3 heterocycles. The molecule has 7 rings (SSSR count). The van der Waals surface area contributed by atoms with Gasteiger partial charge in [-0.15, -0.1) is 0 Å². The third-order valence-electron chi connectivity index (χ3n) is 8.96. The molecule has 2 saturated heterocycles. The van der Waals surface area contributed by atoms with Gasteiger partial charge in [0.05, 0.1) is 31.0 Å². The van der Waals surface area contributed by atoms with E-state index in [1.165, 1.54) is 0 Å². The second-order valence-corrected chi connectivity index (χ2v) is 11.3. The fraction of sp³-hybridized carbons (Fsp3) is 0.486. The zero-order chi connectivity index (χ0) is 31.4. The van der Waals surface area contributed by atoms with Crippen molar-refractivity contribution in [1.29, 1.82) is 0 Å². The summed E-state index contributed by atoms with van der Waals surface area (Å²) in [4.78, 5) is 45.0. The minimum absolute atomic E-state index is 0.0184. The highest BCUT2D eigenvalue weighted by Crippen LogP contribution is 2.63. The zero-order valence-electron chi connectivity index (χ0n) is 26.5. The van der Waals surface area contributed by atoms with Crippen LogP contribution in [0, 0.1) is 5.92 Å². The molecule has 1 saturated carbocycles. The molecule has 2 amide bonds. The van der Waals surface area contributed by atoms with Crippen LogP contribution in [0.25, 0.3) is 0 Å². The maximum Gasteiger partial charge on any atom is 0.256 e. The highest BCUT2D eigenvalue weighted by molar-refractivity contribution is 6.09. The Balaban J connectivity index is 0.000000924. The highest BCUT2D eigenvalue weighted by Gasteiger charge is 2.63. The molecule has 1 spiro atoms. The van der Waals surface area contributed by atoms with E-state index in [0.717, 1.165) is 55.6 Å². The zero-order valence-corrected chi connectivity index (χ0v) is 26.5. The predicted molar refractivity (Wildman–Crippen MR) is 173 cm³/mol. The Hall–Kier alpha value is -4.14. The van der Waals surface area contributed by atoms with Gasteiger partial charge in [-0.3, -0.25) is 19.4 Å². The summed E-state index contributed by atoms with van der Waals surface area (Å²) in [6.45, 7) is 9.93. The van der Waals surface area contributed by atoms with Gasteiger partial charge in [0, 0.05) is 60.2 Å². The van der Waals surface area contributed by atoms with Gasteiger partial charge in [0.15, 0.2) is 17.3 Å². The third-order valence-corrected chi connectivity index (χ3v) is 8.96. The number of carbonyl (C=O) groups excluding carboxylic acids is 3. The number of allylic oxidation sites excluding steroid dienone is 2. The average molecular weight is 601 g/mol. The molecule has 2 aromatic rings. The number of fused-ring (bicyclic) bond motifs is 3. The average Bonchev–Trinajstić information content (AvgIpc) is 3.72. The van der Waals surface area contributed by atoms with E-state index < -0.39 is 0 Å². The van der Waals surface area contributed by atoms with Crippen LogP contribution in [-0.2, 0) is 10.2 Å².